The molecule has 6 heteroatoms. The van der Waals surface area contributed by atoms with E-state index in [4.69, 9.17) is 9.84 Å². The Kier molecular flexibility index (Phi) is 4.65. The van der Waals surface area contributed by atoms with E-state index in [9.17, 15) is 9.59 Å². The molecule has 2 saturated heterocycles. The monoisotopic (exact) mass is 284 g/mol. The molecule has 0 spiro atoms. The van der Waals surface area contributed by atoms with Crippen molar-refractivity contribution in [2.45, 2.75) is 32.7 Å². The molecule has 0 saturated carbocycles. The number of hydrogen-bond acceptors (Lipinski definition) is 4. The van der Waals surface area contributed by atoms with E-state index in [1.54, 1.807) is 0 Å². The van der Waals surface area contributed by atoms with Crippen LogP contribution in [0.1, 0.15) is 26.7 Å². The highest BCUT2D eigenvalue weighted by Crippen LogP contribution is 2.32. The van der Waals surface area contributed by atoms with Gasteiger partial charge in [-0.15, -0.1) is 0 Å². The molecule has 3 N–H and O–H groups in total. The third-order valence-electron chi connectivity index (χ3n) is 4.62. The molecule has 0 bridgehead atoms. The fourth-order valence-corrected chi connectivity index (χ4v) is 2.95. The fourth-order valence-electron chi connectivity index (χ4n) is 2.95. The number of nitrogens with one attached hydrogen (secondary N) is 2. The number of carbonyl (C=O) groups excluding carboxylic acids is 1. The lowest BCUT2D eigenvalue weighted by molar-refractivity contribution is -0.142. The van der Waals surface area contributed by atoms with Crippen molar-refractivity contribution in [1.29, 1.82) is 0 Å². The average Bonchev–Trinajstić information content (AvgIpc) is 2.88. The number of aliphatic carboxylic acids is 1. The molecule has 1 amide bonds. The lowest BCUT2D eigenvalue weighted by Gasteiger charge is -2.36. The van der Waals surface area contributed by atoms with Crippen molar-refractivity contribution in [3.63, 3.8) is 0 Å². The maximum Gasteiger partial charge on any atom is 0.311 e. The number of carboxylic acid groups (broad SMARTS) is 1. The Morgan fingerprint density at radius 3 is 2.70 bits per heavy atom. The van der Waals surface area contributed by atoms with Gasteiger partial charge in [-0.1, -0.05) is 13.8 Å². The summed E-state index contributed by atoms with van der Waals surface area (Å²) in [7, 11) is 0. The summed E-state index contributed by atoms with van der Waals surface area (Å²) in [6.45, 7) is 6.17. The van der Waals surface area contributed by atoms with Gasteiger partial charge in [0.1, 0.15) is 5.92 Å². The standard InChI is InChI=1S/C14H24N2O4/c1-14(2,9-4-3-5-15-6-9)13(19)16-11-8-20-7-10(11)12(17)18/h9-11,15H,3-8H2,1-2H3,(H,16,19)(H,17,18). The third-order valence-corrected chi connectivity index (χ3v) is 4.62. The van der Waals surface area contributed by atoms with Gasteiger partial charge in [-0.2, -0.15) is 0 Å². The molecular formula is C14H24N2O4. The maximum atomic E-state index is 12.5. The Balaban J connectivity index is 1.97. The van der Waals surface area contributed by atoms with Gasteiger partial charge in [0, 0.05) is 5.41 Å². The quantitative estimate of drug-likeness (QED) is 0.688. The van der Waals surface area contributed by atoms with E-state index in [1.807, 2.05) is 13.8 Å². The molecule has 20 heavy (non-hydrogen) atoms. The van der Waals surface area contributed by atoms with Crippen LogP contribution in [0.25, 0.3) is 0 Å². The molecule has 0 aliphatic carbocycles. The minimum absolute atomic E-state index is 0.0760. The van der Waals surface area contributed by atoms with Crippen LogP contribution in [-0.2, 0) is 14.3 Å². The average molecular weight is 284 g/mol. The molecule has 2 aliphatic rings. The number of piperidine rings is 1. The second-order valence-corrected chi connectivity index (χ2v) is 6.33. The molecule has 3 unspecified atom stereocenters. The molecular weight excluding hydrogens is 260 g/mol. The van der Waals surface area contributed by atoms with Gasteiger partial charge in [0.2, 0.25) is 5.91 Å². The number of rotatable bonds is 4. The predicted molar refractivity (Wildman–Crippen MR) is 73.3 cm³/mol. The molecule has 2 aliphatic heterocycles. The Hall–Kier alpha value is -1.14. The Bertz CT molecular complexity index is 377. The zero-order valence-corrected chi connectivity index (χ0v) is 12.1. The Labute approximate surface area is 119 Å². The van der Waals surface area contributed by atoms with Crippen molar-refractivity contribution >= 4 is 11.9 Å². The molecule has 0 radical (unpaired) electrons. The first-order chi connectivity index (χ1) is 9.43. The van der Waals surface area contributed by atoms with E-state index in [0.29, 0.717) is 0 Å². The smallest absolute Gasteiger partial charge is 0.311 e. The highest BCUT2D eigenvalue weighted by molar-refractivity contribution is 5.83. The molecule has 2 fully saturated rings. The van der Waals surface area contributed by atoms with Gasteiger partial charge in [-0.25, -0.2) is 0 Å². The van der Waals surface area contributed by atoms with Gasteiger partial charge in [-0.05, 0) is 31.8 Å². The van der Waals surface area contributed by atoms with Crippen LogP contribution in [0.4, 0.5) is 0 Å². The van der Waals surface area contributed by atoms with Crippen molar-refractivity contribution in [3.05, 3.63) is 0 Å². The molecule has 0 aromatic carbocycles. The first kappa shape index (κ1) is 15.3. The van der Waals surface area contributed by atoms with Gasteiger partial charge >= 0.3 is 5.97 Å². The third kappa shape index (κ3) is 3.12. The van der Waals surface area contributed by atoms with Crippen LogP contribution in [0.5, 0.6) is 0 Å². The van der Waals surface area contributed by atoms with Crippen LogP contribution in [-0.4, -0.2) is 49.3 Å². The number of carbonyl (C=O) groups is 2. The van der Waals surface area contributed by atoms with E-state index < -0.39 is 23.3 Å². The maximum absolute atomic E-state index is 12.5. The van der Waals surface area contributed by atoms with E-state index in [2.05, 4.69) is 10.6 Å². The molecule has 114 valence electrons. The fraction of sp³-hybridized carbons (Fsp3) is 0.857. The van der Waals surface area contributed by atoms with Crippen LogP contribution >= 0.6 is 0 Å². The summed E-state index contributed by atoms with van der Waals surface area (Å²) in [6.07, 6.45) is 2.10. The summed E-state index contributed by atoms with van der Waals surface area (Å²) in [5.74, 6) is -1.35. The second kappa shape index (κ2) is 6.10. The summed E-state index contributed by atoms with van der Waals surface area (Å²) in [6, 6.07) is -0.421. The lowest BCUT2D eigenvalue weighted by Crippen LogP contribution is -2.52. The molecule has 2 heterocycles. The topological polar surface area (TPSA) is 87.7 Å². The zero-order valence-electron chi connectivity index (χ0n) is 12.1. The minimum Gasteiger partial charge on any atom is -0.481 e. The summed E-state index contributed by atoms with van der Waals surface area (Å²) >= 11 is 0. The van der Waals surface area contributed by atoms with Crippen LogP contribution in [0.2, 0.25) is 0 Å². The van der Waals surface area contributed by atoms with Crippen molar-refractivity contribution in [3.8, 4) is 0 Å². The summed E-state index contributed by atoms with van der Waals surface area (Å²) in [5.41, 5.74) is -0.501. The van der Waals surface area contributed by atoms with E-state index >= 15 is 0 Å². The summed E-state index contributed by atoms with van der Waals surface area (Å²) in [4.78, 5) is 23.6. The van der Waals surface area contributed by atoms with E-state index in [1.165, 1.54) is 0 Å². The SMILES string of the molecule is CC(C)(C(=O)NC1COCC1C(=O)O)C1CCCNC1. The zero-order chi connectivity index (χ0) is 14.8. The second-order valence-electron chi connectivity index (χ2n) is 6.33. The van der Waals surface area contributed by atoms with Crippen molar-refractivity contribution in [2.75, 3.05) is 26.3 Å². The van der Waals surface area contributed by atoms with Gasteiger partial charge in [0.05, 0.1) is 19.3 Å². The van der Waals surface area contributed by atoms with Crippen molar-refractivity contribution in [2.24, 2.45) is 17.3 Å². The Morgan fingerprint density at radius 2 is 2.10 bits per heavy atom. The first-order valence-electron chi connectivity index (χ1n) is 7.25. The highest BCUT2D eigenvalue weighted by atomic mass is 16.5. The lowest BCUT2D eigenvalue weighted by atomic mass is 9.74. The normalized spacial score (nSPS) is 31.0. The van der Waals surface area contributed by atoms with Crippen molar-refractivity contribution in [1.82, 2.24) is 10.6 Å². The van der Waals surface area contributed by atoms with Gasteiger partial charge in [0.25, 0.3) is 0 Å². The number of amides is 1. The number of carboxylic acids is 1. The van der Waals surface area contributed by atoms with E-state index in [-0.39, 0.29) is 25.0 Å². The van der Waals surface area contributed by atoms with E-state index in [0.717, 1.165) is 25.9 Å². The van der Waals surface area contributed by atoms with Crippen LogP contribution < -0.4 is 10.6 Å². The molecule has 0 aromatic rings. The highest BCUT2D eigenvalue weighted by Gasteiger charge is 2.41. The van der Waals surface area contributed by atoms with Crippen LogP contribution in [0, 0.1) is 17.3 Å². The van der Waals surface area contributed by atoms with Gasteiger partial charge in [-0.3, -0.25) is 9.59 Å². The minimum atomic E-state index is -0.912. The summed E-state index contributed by atoms with van der Waals surface area (Å²) in [5, 5.41) is 15.3. The number of hydrogen-bond donors (Lipinski definition) is 3. The Morgan fingerprint density at radius 1 is 1.35 bits per heavy atom. The van der Waals surface area contributed by atoms with Gasteiger partial charge in [0.15, 0.2) is 0 Å². The molecule has 0 aromatic heterocycles. The molecule has 2 rings (SSSR count). The number of ether oxygens (including phenoxy) is 1. The molecule has 3 atom stereocenters. The first-order valence-corrected chi connectivity index (χ1v) is 7.25. The van der Waals surface area contributed by atoms with Crippen LogP contribution in [0.3, 0.4) is 0 Å². The summed E-state index contributed by atoms with van der Waals surface area (Å²) < 4.78 is 5.18. The van der Waals surface area contributed by atoms with Crippen molar-refractivity contribution < 1.29 is 19.4 Å². The van der Waals surface area contributed by atoms with Gasteiger partial charge < -0.3 is 20.5 Å². The predicted octanol–water partition coefficient (Wildman–Crippen LogP) is 0.228. The van der Waals surface area contributed by atoms with Crippen LogP contribution in [0.15, 0.2) is 0 Å². The molecule has 6 nitrogen and oxygen atoms in total. The largest absolute Gasteiger partial charge is 0.481 e.